The molecule has 1 aromatic carbocycles. The van der Waals surface area contributed by atoms with Gasteiger partial charge in [0.15, 0.2) is 11.5 Å². The van der Waals surface area contributed by atoms with Gasteiger partial charge in [-0.2, -0.15) is 0 Å². The number of pyridine rings is 1. The molecule has 2 heterocycles. The van der Waals surface area contributed by atoms with Crippen LogP contribution in [0.5, 0.6) is 0 Å². The first kappa shape index (κ1) is 16.4. The smallest absolute Gasteiger partial charge is 0.407 e. The molecule has 0 aliphatic rings. The molecule has 0 spiro atoms. The normalized spacial score (nSPS) is 10.5. The maximum atomic E-state index is 12.4. The number of aryl methyl sites for hydroxylation is 1. The highest BCUT2D eigenvalue weighted by Crippen LogP contribution is 2.20. The van der Waals surface area contributed by atoms with E-state index in [1.807, 2.05) is 0 Å². The molecule has 128 valence electrons. The molecule has 0 bridgehead atoms. The zero-order valence-electron chi connectivity index (χ0n) is 13.7. The number of alkyl carbamates (subject to hydrolysis) is 1. The Kier molecular flexibility index (Phi) is 4.60. The number of nitrogens with one attached hydrogen (secondary N) is 2. The van der Waals surface area contributed by atoms with E-state index in [1.165, 1.54) is 13.3 Å². The van der Waals surface area contributed by atoms with E-state index in [0.717, 1.165) is 5.52 Å². The Morgan fingerprint density at radius 1 is 1.24 bits per heavy atom. The van der Waals surface area contributed by atoms with Crippen LogP contribution >= 0.6 is 0 Å². The van der Waals surface area contributed by atoms with Crippen LogP contribution in [-0.4, -0.2) is 29.1 Å². The molecule has 0 saturated carbocycles. The van der Waals surface area contributed by atoms with E-state index >= 15 is 0 Å². The zero-order chi connectivity index (χ0) is 17.8. The molecule has 8 nitrogen and oxygen atoms in total. The fraction of sp³-hybridized carbons (Fsp3) is 0.176. The lowest BCUT2D eigenvalue weighted by molar-refractivity contribution is 0.102. The van der Waals surface area contributed by atoms with E-state index in [4.69, 9.17) is 4.42 Å². The van der Waals surface area contributed by atoms with E-state index < -0.39 is 6.09 Å². The quantitative estimate of drug-likeness (QED) is 0.756. The third-order valence-corrected chi connectivity index (χ3v) is 3.43. The second-order valence-electron chi connectivity index (χ2n) is 5.25. The van der Waals surface area contributed by atoms with Crippen LogP contribution in [0.3, 0.4) is 0 Å². The number of hydrogen-bond donors (Lipinski definition) is 2. The van der Waals surface area contributed by atoms with E-state index in [1.54, 1.807) is 37.3 Å². The van der Waals surface area contributed by atoms with Crippen molar-refractivity contribution in [1.29, 1.82) is 0 Å². The molecule has 2 N–H and O–H groups in total. The molecule has 3 rings (SSSR count). The van der Waals surface area contributed by atoms with E-state index in [9.17, 15) is 9.59 Å². The van der Waals surface area contributed by atoms with Gasteiger partial charge in [-0.05, 0) is 24.3 Å². The van der Waals surface area contributed by atoms with Crippen molar-refractivity contribution >= 4 is 28.8 Å². The van der Waals surface area contributed by atoms with Gasteiger partial charge in [0.2, 0.25) is 0 Å². The average molecular weight is 340 g/mol. The number of benzene rings is 1. The molecule has 3 aromatic rings. The number of methoxy groups -OCH3 is 1. The Bertz CT molecular complexity index is 935. The van der Waals surface area contributed by atoms with Gasteiger partial charge < -0.3 is 19.8 Å². The van der Waals surface area contributed by atoms with Gasteiger partial charge in [0.25, 0.3) is 5.91 Å². The number of oxazole rings is 1. The Labute approximate surface area is 143 Å². The number of carbonyl (C=O) groups is 2. The molecule has 0 radical (unpaired) electrons. The van der Waals surface area contributed by atoms with Crippen molar-refractivity contribution < 1.29 is 18.7 Å². The summed E-state index contributed by atoms with van der Waals surface area (Å²) in [6, 6.07) is 8.44. The summed E-state index contributed by atoms with van der Waals surface area (Å²) in [5, 5.41) is 5.31. The lowest BCUT2D eigenvalue weighted by Crippen LogP contribution is -2.23. The Hall–Kier alpha value is -3.42. The van der Waals surface area contributed by atoms with Crippen molar-refractivity contribution in [3.05, 3.63) is 53.7 Å². The molecule has 0 aliphatic carbocycles. The Morgan fingerprint density at radius 3 is 2.88 bits per heavy atom. The molecule has 0 aliphatic heterocycles. The van der Waals surface area contributed by atoms with Gasteiger partial charge in [-0.1, -0.05) is 0 Å². The number of aromatic nitrogens is 2. The fourth-order valence-electron chi connectivity index (χ4n) is 2.27. The zero-order valence-corrected chi connectivity index (χ0v) is 13.7. The highest BCUT2D eigenvalue weighted by molar-refractivity contribution is 6.04. The lowest BCUT2D eigenvalue weighted by atomic mass is 10.2. The highest BCUT2D eigenvalue weighted by atomic mass is 16.5. The maximum Gasteiger partial charge on any atom is 0.407 e. The summed E-state index contributed by atoms with van der Waals surface area (Å²) in [5.41, 5.74) is 2.90. The summed E-state index contributed by atoms with van der Waals surface area (Å²) < 4.78 is 9.95. The van der Waals surface area contributed by atoms with Gasteiger partial charge in [0.1, 0.15) is 5.52 Å². The minimum atomic E-state index is -0.563. The van der Waals surface area contributed by atoms with Crippen molar-refractivity contribution in [2.24, 2.45) is 0 Å². The number of ether oxygens (including phenoxy) is 1. The molecule has 25 heavy (non-hydrogen) atoms. The molecule has 8 heteroatoms. The summed E-state index contributed by atoms with van der Waals surface area (Å²) in [6.45, 7) is 1.93. The minimum Gasteiger partial charge on any atom is -0.453 e. The third kappa shape index (κ3) is 3.92. The topological polar surface area (TPSA) is 106 Å². The number of anilines is 1. The van der Waals surface area contributed by atoms with E-state index in [2.05, 4.69) is 25.3 Å². The third-order valence-electron chi connectivity index (χ3n) is 3.43. The van der Waals surface area contributed by atoms with E-state index in [0.29, 0.717) is 28.4 Å². The Balaban J connectivity index is 1.72. The lowest BCUT2D eigenvalue weighted by Gasteiger charge is -2.07. The van der Waals surface area contributed by atoms with Gasteiger partial charge in [-0.15, -0.1) is 0 Å². The largest absolute Gasteiger partial charge is 0.453 e. The SMILES string of the molecule is COC(=O)NCc1cc(C(=O)Nc2ccc3nc(C)oc3c2)ccn1. The van der Waals surface area contributed by atoms with Gasteiger partial charge in [0, 0.05) is 30.4 Å². The first-order valence-electron chi connectivity index (χ1n) is 7.50. The minimum absolute atomic E-state index is 0.164. The molecule has 2 amide bonds. The van der Waals surface area contributed by atoms with Crippen molar-refractivity contribution in [2.75, 3.05) is 12.4 Å². The summed E-state index contributed by atoms with van der Waals surface area (Å²) in [5.74, 6) is 0.271. The van der Waals surface area contributed by atoms with Crippen molar-refractivity contribution in [1.82, 2.24) is 15.3 Å². The van der Waals surface area contributed by atoms with Crippen LogP contribution in [0, 0.1) is 6.92 Å². The van der Waals surface area contributed by atoms with Crippen LogP contribution in [0.2, 0.25) is 0 Å². The number of carbonyl (C=O) groups excluding carboxylic acids is 2. The summed E-state index contributed by atoms with van der Waals surface area (Å²) in [7, 11) is 1.28. The van der Waals surface area contributed by atoms with Crippen LogP contribution in [0.4, 0.5) is 10.5 Å². The van der Waals surface area contributed by atoms with Crippen molar-refractivity contribution in [3.63, 3.8) is 0 Å². The number of nitrogens with zero attached hydrogens (tertiary/aromatic N) is 2. The predicted octanol–water partition coefficient (Wildman–Crippen LogP) is 2.64. The molecule has 0 fully saturated rings. The Morgan fingerprint density at radius 2 is 2.08 bits per heavy atom. The second-order valence-corrected chi connectivity index (χ2v) is 5.25. The number of fused-ring (bicyclic) bond motifs is 1. The molecule has 0 unspecified atom stereocenters. The van der Waals surface area contributed by atoms with Gasteiger partial charge in [-0.25, -0.2) is 9.78 Å². The second kappa shape index (κ2) is 7.00. The standard InChI is InChI=1S/C17H16N4O4/c1-10-20-14-4-3-12(8-15(14)25-10)21-16(22)11-5-6-18-13(7-11)9-19-17(23)24-2/h3-8H,9H2,1-2H3,(H,19,23)(H,21,22). The van der Waals surface area contributed by atoms with Gasteiger partial charge in [-0.3, -0.25) is 9.78 Å². The van der Waals surface area contributed by atoms with Crippen LogP contribution in [0.15, 0.2) is 40.9 Å². The highest BCUT2D eigenvalue weighted by Gasteiger charge is 2.10. The first-order valence-corrected chi connectivity index (χ1v) is 7.50. The van der Waals surface area contributed by atoms with Crippen LogP contribution in [0.1, 0.15) is 21.9 Å². The van der Waals surface area contributed by atoms with Gasteiger partial charge in [0.05, 0.1) is 19.3 Å². The fourth-order valence-corrected chi connectivity index (χ4v) is 2.27. The molecule has 0 saturated heterocycles. The predicted molar refractivity (Wildman–Crippen MR) is 90.2 cm³/mol. The van der Waals surface area contributed by atoms with Crippen LogP contribution in [0.25, 0.3) is 11.1 Å². The molecule has 2 aromatic heterocycles. The van der Waals surface area contributed by atoms with Crippen molar-refractivity contribution in [2.45, 2.75) is 13.5 Å². The van der Waals surface area contributed by atoms with Crippen LogP contribution in [-0.2, 0) is 11.3 Å². The van der Waals surface area contributed by atoms with Crippen molar-refractivity contribution in [3.8, 4) is 0 Å². The van der Waals surface area contributed by atoms with Crippen LogP contribution < -0.4 is 10.6 Å². The monoisotopic (exact) mass is 340 g/mol. The maximum absolute atomic E-state index is 12.4. The first-order chi connectivity index (χ1) is 12.0. The molecule has 0 atom stereocenters. The number of amides is 2. The number of rotatable bonds is 4. The molecular weight excluding hydrogens is 324 g/mol. The summed E-state index contributed by atoms with van der Waals surface area (Å²) >= 11 is 0. The molecular formula is C17H16N4O4. The van der Waals surface area contributed by atoms with Gasteiger partial charge >= 0.3 is 6.09 Å². The number of hydrogen-bond acceptors (Lipinski definition) is 6. The summed E-state index contributed by atoms with van der Waals surface area (Å²) in [4.78, 5) is 31.8. The van der Waals surface area contributed by atoms with E-state index in [-0.39, 0.29) is 12.5 Å². The summed E-state index contributed by atoms with van der Waals surface area (Å²) in [6.07, 6.45) is 0.943. The average Bonchev–Trinajstić information content (AvgIpc) is 2.99.